The molecule has 1 rings (SSSR count). The van der Waals surface area contributed by atoms with Crippen LogP contribution in [-0.4, -0.2) is 18.3 Å². The Morgan fingerprint density at radius 3 is 2.87 bits per heavy atom. The fourth-order valence-corrected chi connectivity index (χ4v) is 1.65. The van der Waals surface area contributed by atoms with Crippen molar-refractivity contribution < 1.29 is 14.6 Å². The highest BCUT2D eigenvalue weighted by atomic mass is 79.9. The van der Waals surface area contributed by atoms with Gasteiger partial charge in [0.05, 0.1) is 7.11 Å². The lowest BCUT2D eigenvalue weighted by atomic mass is 10.1. The van der Waals surface area contributed by atoms with Gasteiger partial charge in [-0.25, -0.2) is 4.79 Å². The van der Waals surface area contributed by atoms with Crippen molar-refractivity contribution in [1.82, 2.24) is 5.32 Å². The van der Waals surface area contributed by atoms with Gasteiger partial charge in [0.15, 0.2) is 0 Å². The van der Waals surface area contributed by atoms with Gasteiger partial charge in [-0.15, -0.1) is 0 Å². The van der Waals surface area contributed by atoms with Crippen molar-refractivity contribution in [3.05, 3.63) is 29.3 Å². The first-order valence-electron chi connectivity index (χ1n) is 4.36. The van der Waals surface area contributed by atoms with Gasteiger partial charge < -0.3 is 15.2 Å². The molecule has 1 aromatic carbocycles. The maximum Gasteiger partial charge on any atom is 0.404 e. The Balaban J connectivity index is 2.78. The molecule has 0 fully saturated rings. The van der Waals surface area contributed by atoms with Crippen LogP contribution in [0.3, 0.4) is 0 Å². The van der Waals surface area contributed by atoms with Gasteiger partial charge in [-0.1, -0.05) is 28.1 Å². The number of carbonyl (C=O) groups is 1. The zero-order valence-corrected chi connectivity index (χ0v) is 9.87. The zero-order valence-electron chi connectivity index (χ0n) is 8.29. The summed E-state index contributed by atoms with van der Waals surface area (Å²) in [6, 6.07) is 5.61. The number of ether oxygens (including phenoxy) is 1. The lowest BCUT2D eigenvalue weighted by molar-refractivity contribution is 0.194. The first-order valence-corrected chi connectivity index (χ1v) is 5.48. The molecular formula is C10H12BrNO3. The monoisotopic (exact) mass is 273 g/mol. The normalized spacial score (nSPS) is 9.73. The van der Waals surface area contributed by atoms with Gasteiger partial charge in [0, 0.05) is 17.4 Å². The molecule has 1 aromatic rings. The molecule has 0 saturated carbocycles. The standard InChI is InChI=1S/C10H12BrNO3/c1-15-9-4-7(6-12-10(13)14)2-3-8(9)5-11/h2-4,12H,5-6H2,1H3,(H,13,14). The summed E-state index contributed by atoms with van der Waals surface area (Å²) in [5.41, 5.74) is 1.91. The Morgan fingerprint density at radius 2 is 2.33 bits per heavy atom. The molecule has 0 aliphatic rings. The number of hydrogen-bond acceptors (Lipinski definition) is 2. The van der Waals surface area contributed by atoms with E-state index in [0.717, 1.165) is 16.9 Å². The van der Waals surface area contributed by atoms with Crippen molar-refractivity contribution in [2.24, 2.45) is 0 Å². The highest BCUT2D eigenvalue weighted by Crippen LogP contribution is 2.22. The average Bonchev–Trinajstić information content (AvgIpc) is 2.25. The van der Waals surface area contributed by atoms with Gasteiger partial charge in [0.25, 0.3) is 0 Å². The largest absolute Gasteiger partial charge is 0.496 e. The third-order valence-corrected chi connectivity index (χ3v) is 2.54. The molecular weight excluding hydrogens is 262 g/mol. The Morgan fingerprint density at radius 1 is 1.60 bits per heavy atom. The average molecular weight is 274 g/mol. The van der Waals surface area contributed by atoms with Gasteiger partial charge in [-0.3, -0.25) is 0 Å². The minimum atomic E-state index is -1.03. The molecule has 0 aliphatic carbocycles. The predicted molar refractivity (Wildman–Crippen MR) is 60.5 cm³/mol. The van der Waals surface area contributed by atoms with Crippen molar-refractivity contribution in [3.8, 4) is 5.75 Å². The summed E-state index contributed by atoms with van der Waals surface area (Å²) in [6.07, 6.45) is -1.03. The maximum atomic E-state index is 10.3. The number of hydrogen-bond donors (Lipinski definition) is 2. The SMILES string of the molecule is COc1cc(CNC(=O)O)ccc1CBr. The molecule has 0 radical (unpaired) electrons. The smallest absolute Gasteiger partial charge is 0.404 e. The van der Waals surface area contributed by atoms with Crippen LogP contribution in [0, 0.1) is 0 Å². The molecule has 0 saturated heterocycles. The quantitative estimate of drug-likeness (QED) is 0.828. The van der Waals surface area contributed by atoms with Crippen LogP contribution in [-0.2, 0) is 11.9 Å². The molecule has 0 aromatic heterocycles. The second-order valence-corrected chi connectivity index (χ2v) is 3.50. The molecule has 15 heavy (non-hydrogen) atoms. The molecule has 0 spiro atoms. The molecule has 0 aliphatic heterocycles. The zero-order chi connectivity index (χ0) is 11.3. The third-order valence-electron chi connectivity index (χ3n) is 1.94. The topological polar surface area (TPSA) is 58.6 Å². The van der Waals surface area contributed by atoms with Gasteiger partial charge in [-0.2, -0.15) is 0 Å². The lowest BCUT2D eigenvalue weighted by Gasteiger charge is -2.08. The molecule has 1 amide bonds. The third kappa shape index (κ3) is 3.43. The van der Waals surface area contributed by atoms with Gasteiger partial charge in [-0.05, 0) is 11.6 Å². The summed E-state index contributed by atoms with van der Waals surface area (Å²) in [4.78, 5) is 10.3. The second-order valence-electron chi connectivity index (χ2n) is 2.94. The highest BCUT2D eigenvalue weighted by Gasteiger charge is 2.03. The van der Waals surface area contributed by atoms with E-state index < -0.39 is 6.09 Å². The highest BCUT2D eigenvalue weighted by molar-refractivity contribution is 9.08. The van der Waals surface area contributed by atoms with Crippen LogP contribution >= 0.6 is 15.9 Å². The fraction of sp³-hybridized carbons (Fsp3) is 0.300. The lowest BCUT2D eigenvalue weighted by Crippen LogP contribution is -2.19. The van der Waals surface area contributed by atoms with Gasteiger partial charge >= 0.3 is 6.09 Å². The van der Waals surface area contributed by atoms with E-state index in [9.17, 15) is 4.79 Å². The summed E-state index contributed by atoms with van der Waals surface area (Å²) in [6.45, 7) is 0.286. The molecule has 2 N–H and O–H groups in total. The number of nitrogens with one attached hydrogen (secondary N) is 1. The van der Waals surface area contributed by atoms with Crippen molar-refractivity contribution in [2.45, 2.75) is 11.9 Å². The number of alkyl halides is 1. The molecule has 0 heterocycles. The summed E-state index contributed by atoms with van der Waals surface area (Å²) >= 11 is 3.35. The first-order chi connectivity index (χ1) is 7.17. The van der Waals surface area contributed by atoms with E-state index >= 15 is 0 Å². The van der Waals surface area contributed by atoms with E-state index in [1.54, 1.807) is 7.11 Å². The Kier molecular flexibility index (Phi) is 4.42. The van der Waals surface area contributed by atoms with E-state index in [1.807, 2.05) is 18.2 Å². The molecule has 4 nitrogen and oxygen atoms in total. The summed E-state index contributed by atoms with van der Waals surface area (Å²) in [7, 11) is 1.59. The number of benzene rings is 1. The van der Waals surface area contributed by atoms with Crippen molar-refractivity contribution in [1.29, 1.82) is 0 Å². The van der Waals surface area contributed by atoms with E-state index in [1.165, 1.54) is 0 Å². The van der Waals surface area contributed by atoms with E-state index in [4.69, 9.17) is 9.84 Å². The van der Waals surface area contributed by atoms with E-state index in [2.05, 4.69) is 21.2 Å². The Bertz CT molecular complexity index is 355. The van der Waals surface area contributed by atoms with Crippen LogP contribution in [0.15, 0.2) is 18.2 Å². The number of rotatable bonds is 4. The minimum Gasteiger partial charge on any atom is -0.496 e. The summed E-state index contributed by atoms with van der Waals surface area (Å²) in [5, 5.41) is 11.5. The van der Waals surface area contributed by atoms with E-state index in [0.29, 0.717) is 5.33 Å². The Labute approximate surface area is 96.4 Å². The Hall–Kier alpha value is -1.23. The second kappa shape index (κ2) is 5.60. The number of carboxylic acid groups (broad SMARTS) is 1. The number of methoxy groups -OCH3 is 1. The van der Waals surface area contributed by atoms with E-state index in [-0.39, 0.29) is 6.54 Å². The molecule has 5 heteroatoms. The minimum absolute atomic E-state index is 0.286. The maximum absolute atomic E-state index is 10.3. The van der Waals surface area contributed by atoms with Crippen LogP contribution in [0.25, 0.3) is 0 Å². The van der Waals surface area contributed by atoms with Gasteiger partial charge in [0.1, 0.15) is 5.75 Å². The summed E-state index contributed by atoms with van der Waals surface area (Å²) in [5.74, 6) is 0.761. The fourth-order valence-electron chi connectivity index (χ4n) is 1.19. The first kappa shape index (κ1) is 11.8. The molecule has 0 bridgehead atoms. The number of amides is 1. The van der Waals surface area contributed by atoms with Crippen molar-refractivity contribution >= 4 is 22.0 Å². The van der Waals surface area contributed by atoms with Crippen molar-refractivity contribution in [2.75, 3.05) is 7.11 Å². The van der Waals surface area contributed by atoms with Crippen molar-refractivity contribution in [3.63, 3.8) is 0 Å². The molecule has 82 valence electrons. The van der Waals surface area contributed by atoms with Crippen LogP contribution in [0.2, 0.25) is 0 Å². The van der Waals surface area contributed by atoms with Crippen LogP contribution in [0.5, 0.6) is 5.75 Å². The molecule has 0 atom stereocenters. The van der Waals surface area contributed by atoms with Crippen LogP contribution < -0.4 is 10.1 Å². The molecule has 0 unspecified atom stereocenters. The van der Waals surface area contributed by atoms with Gasteiger partial charge in [0.2, 0.25) is 0 Å². The predicted octanol–water partition coefficient (Wildman–Crippen LogP) is 2.36. The summed E-state index contributed by atoms with van der Waals surface area (Å²) < 4.78 is 5.18. The van der Waals surface area contributed by atoms with Crippen LogP contribution in [0.4, 0.5) is 4.79 Å². The van der Waals surface area contributed by atoms with Crippen LogP contribution in [0.1, 0.15) is 11.1 Å². The number of halogens is 1.